The zero-order valence-corrected chi connectivity index (χ0v) is 21.5. The molecular weight excluding hydrogens is 485 g/mol. The topological polar surface area (TPSA) is 55.4 Å². The molecule has 37 heavy (non-hydrogen) atoms. The fourth-order valence-corrected chi connectivity index (χ4v) is 5.03. The van der Waals surface area contributed by atoms with Crippen LogP contribution in [0.25, 0.3) is 5.57 Å². The maximum absolute atomic E-state index is 13.9. The van der Waals surface area contributed by atoms with Crippen LogP contribution in [0.1, 0.15) is 35.2 Å². The van der Waals surface area contributed by atoms with E-state index in [1.54, 1.807) is 31.2 Å². The van der Waals surface area contributed by atoms with Gasteiger partial charge in [0.25, 0.3) is 0 Å². The third-order valence-corrected chi connectivity index (χ3v) is 6.99. The average Bonchev–Trinajstić information content (AvgIpc) is 2.92. The van der Waals surface area contributed by atoms with Gasteiger partial charge in [-0.05, 0) is 54.8 Å². The SMILES string of the molecule is CCOC(=O)C(=C(c1ccccc1)c1ccccc1)[C@@H](NS(=O)c1ccc(C)cc1)c1ccc(F)cc1. The fraction of sp³-hybridized carbons (Fsp3) is 0.129. The molecule has 0 aliphatic rings. The second kappa shape index (κ2) is 12.4. The highest BCUT2D eigenvalue weighted by Gasteiger charge is 2.30. The molecule has 1 N–H and O–H groups in total. The van der Waals surface area contributed by atoms with E-state index in [1.165, 1.54) is 12.1 Å². The van der Waals surface area contributed by atoms with Crippen LogP contribution < -0.4 is 4.72 Å². The Hall–Kier alpha value is -3.87. The summed E-state index contributed by atoms with van der Waals surface area (Å²) in [5, 5.41) is 0. The van der Waals surface area contributed by atoms with Crippen LogP contribution in [0.5, 0.6) is 0 Å². The highest BCUT2D eigenvalue weighted by atomic mass is 32.2. The summed E-state index contributed by atoms with van der Waals surface area (Å²) in [5.41, 5.74) is 4.14. The number of rotatable bonds is 9. The van der Waals surface area contributed by atoms with Crippen LogP contribution in [0, 0.1) is 12.7 Å². The van der Waals surface area contributed by atoms with Crippen molar-refractivity contribution in [1.82, 2.24) is 4.72 Å². The molecule has 0 aliphatic heterocycles. The van der Waals surface area contributed by atoms with Gasteiger partial charge >= 0.3 is 5.97 Å². The molecule has 6 heteroatoms. The molecule has 4 aromatic carbocycles. The van der Waals surface area contributed by atoms with E-state index in [4.69, 9.17) is 4.74 Å². The fourth-order valence-electron chi connectivity index (χ4n) is 4.05. The minimum absolute atomic E-state index is 0.163. The smallest absolute Gasteiger partial charge is 0.336 e. The molecule has 0 radical (unpaired) electrons. The summed E-state index contributed by atoms with van der Waals surface area (Å²) in [6.07, 6.45) is 0. The number of aryl methyl sites for hydroxylation is 1. The Labute approximate surface area is 219 Å². The molecule has 188 valence electrons. The first kappa shape index (κ1) is 26.2. The van der Waals surface area contributed by atoms with E-state index in [-0.39, 0.29) is 12.2 Å². The first-order chi connectivity index (χ1) is 18.0. The Morgan fingerprint density at radius 3 is 1.89 bits per heavy atom. The summed E-state index contributed by atoms with van der Waals surface area (Å²) in [4.78, 5) is 14.2. The van der Waals surface area contributed by atoms with E-state index >= 15 is 0 Å². The number of hydrogen-bond acceptors (Lipinski definition) is 3. The Morgan fingerprint density at radius 1 is 0.838 bits per heavy atom. The molecule has 0 heterocycles. The maximum atomic E-state index is 13.9. The van der Waals surface area contributed by atoms with Gasteiger partial charge < -0.3 is 4.74 Å². The molecule has 2 atom stereocenters. The number of nitrogens with one attached hydrogen (secondary N) is 1. The van der Waals surface area contributed by atoms with Gasteiger partial charge in [-0.2, -0.15) is 0 Å². The summed E-state index contributed by atoms with van der Waals surface area (Å²) in [6, 6.07) is 31.3. The van der Waals surface area contributed by atoms with E-state index in [0.29, 0.717) is 16.0 Å². The molecule has 0 spiro atoms. The molecule has 0 amide bonds. The highest BCUT2D eigenvalue weighted by Crippen LogP contribution is 2.35. The summed E-state index contributed by atoms with van der Waals surface area (Å²) in [5.74, 6) is -0.955. The van der Waals surface area contributed by atoms with E-state index in [9.17, 15) is 13.4 Å². The molecule has 0 saturated heterocycles. The minimum atomic E-state index is -1.68. The first-order valence-electron chi connectivity index (χ1n) is 12.0. The quantitative estimate of drug-likeness (QED) is 0.204. The number of benzene rings is 4. The van der Waals surface area contributed by atoms with Crippen LogP contribution in [0.4, 0.5) is 4.39 Å². The van der Waals surface area contributed by atoms with Crippen molar-refractivity contribution in [3.8, 4) is 0 Å². The lowest BCUT2D eigenvalue weighted by molar-refractivity contribution is -0.138. The summed E-state index contributed by atoms with van der Waals surface area (Å²) in [6.45, 7) is 3.86. The Balaban J connectivity index is 1.97. The summed E-state index contributed by atoms with van der Waals surface area (Å²) in [7, 11) is -1.68. The van der Waals surface area contributed by atoms with Crippen LogP contribution in [0.2, 0.25) is 0 Å². The van der Waals surface area contributed by atoms with Gasteiger partial charge in [0.05, 0.1) is 23.1 Å². The average molecular weight is 514 g/mol. The van der Waals surface area contributed by atoms with Gasteiger partial charge in [-0.3, -0.25) is 0 Å². The maximum Gasteiger partial charge on any atom is 0.336 e. The van der Waals surface area contributed by atoms with Crippen molar-refractivity contribution in [1.29, 1.82) is 0 Å². The largest absolute Gasteiger partial charge is 0.463 e. The molecule has 0 aliphatic carbocycles. The zero-order chi connectivity index (χ0) is 26.2. The van der Waals surface area contributed by atoms with Crippen molar-refractivity contribution in [2.45, 2.75) is 24.8 Å². The number of halogens is 1. The van der Waals surface area contributed by atoms with Crippen molar-refractivity contribution < 1.29 is 18.1 Å². The molecule has 4 nitrogen and oxygen atoms in total. The molecule has 4 aromatic rings. The van der Waals surface area contributed by atoms with E-state index in [0.717, 1.165) is 16.7 Å². The van der Waals surface area contributed by atoms with Gasteiger partial charge in [0.15, 0.2) is 0 Å². The lowest BCUT2D eigenvalue weighted by Gasteiger charge is -2.25. The second-order valence-corrected chi connectivity index (χ2v) is 9.67. The van der Waals surface area contributed by atoms with Crippen molar-refractivity contribution in [3.63, 3.8) is 0 Å². The van der Waals surface area contributed by atoms with Crippen LogP contribution in [-0.4, -0.2) is 16.8 Å². The first-order valence-corrected chi connectivity index (χ1v) is 13.1. The number of carbonyl (C=O) groups is 1. The Bertz CT molecular complexity index is 1340. The second-order valence-electron chi connectivity index (χ2n) is 8.43. The monoisotopic (exact) mass is 513 g/mol. The minimum Gasteiger partial charge on any atom is -0.463 e. The summed E-state index contributed by atoms with van der Waals surface area (Å²) >= 11 is 0. The molecular formula is C31H28FNO3S. The van der Waals surface area contributed by atoms with Gasteiger partial charge in [0.1, 0.15) is 16.8 Å². The number of esters is 1. The van der Waals surface area contributed by atoms with Gasteiger partial charge in [-0.25, -0.2) is 18.1 Å². The normalized spacial score (nSPS) is 12.4. The molecule has 0 fully saturated rings. The third-order valence-electron chi connectivity index (χ3n) is 5.84. The molecule has 0 saturated carbocycles. The predicted molar refractivity (Wildman–Crippen MR) is 145 cm³/mol. The number of hydrogen-bond donors (Lipinski definition) is 1. The van der Waals surface area contributed by atoms with Crippen molar-refractivity contribution in [2.75, 3.05) is 6.61 Å². The van der Waals surface area contributed by atoms with Gasteiger partial charge in [0, 0.05) is 5.57 Å². The molecule has 1 unspecified atom stereocenters. The van der Waals surface area contributed by atoms with Gasteiger partial charge in [-0.1, -0.05) is 90.5 Å². The van der Waals surface area contributed by atoms with E-state index in [1.807, 2.05) is 79.7 Å². The van der Waals surface area contributed by atoms with Crippen molar-refractivity contribution in [3.05, 3.63) is 143 Å². The lowest BCUT2D eigenvalue weighted by atomic mass is 9.87. The molecule has 4 rings (SSSR count). The zero-order valence-electron chi connectivity index (χ0n) is 20.7. The standard InChI is InChI=1S/C31H28FNO3S/c1-3-36-31(34)29(28(23-10-6-4-7-11-23)24-12-8-5-9-13-24)30(25-16-18-26(32)19-17-25)33-37(35)27-20-14-22(2)15-21-27/h4-21,30,33H,3H2,1-2H3/t30-,37?/m0/s1. The number of carbonyl (C=O) groups excluding carboxylic acids is 1. The molecule has 0 bridgehead atoms. The van der Waals surface area contributed by atoms with Gasteiger partial charge in [0.2, 0.25) is 0 Å². The van der Waals surface area contributed by atoms with Crippen molar-refractivity contribution >= 4 is 22.5 Å². The van der Waals surface area contributed by atoms with Crippen LogP contribution in [-0.2, 0) is 20.5 Å². The van der Waals surface area contributed by atoms with Crippen LogP contribution in [0.3, 0.4) is 0 Å². The van der Waals surface area contributed by atoms with Crippen LogP contribution >= 0.6 is 0 Å². The number of ether oxygens (including phenoxy) is 1. The van der Waals surface area contributed by atoms with Crippen molar-refractivity contribution in [2.24, 2.45) is 0 Å². The van der Waals surface area contributed by atoms with Gasteiger partial charge in [-0.15, -0.1) is 0 Å². The molecule has 0 aromatic heterocycles. The van der Waals surface area contributed by atoms with Crippen LogP contribution in [0.15, 0.2) is 120 Å². The van der Waals surface area contributed by atoms with E-state index in [2.05, 4.69) is 4.72 Å². The highest BCUT2D eigenvalue weighted by molar-refractivity contribution is 7.83. The van der Waals surface area contributed by atoms with E-state index < -0.39 is 28.8 Å². The lowest BCUT2D eigenvalue weighted by Crippen LogP contribution is -2.30. The predicted octanol–water partition coefficient (Wildman–Crippen LogP) is 6.55. The third kappa shape index (κ3) is 6.47. The summed E-state index contributed by atoms with van der Waals surface area (Å²) < 4.78 is 36.1. The Morgan fingerprint density at radius 2 is 1.38 bits per heavy atom. The Kier molecular flexibility index (Phi) is 8.77.